The van der Waals surface area contributed by atoms with Gasteiger partial charge >= 0.3 is 5.97 Å². The lowest BCUT2D eigenvalue weighted by Gasteiger charge is -2.39. The van der Waals surface area contributed by atoms with Gasteiger partial charge in [0.1, 0.15) is 5.70 Å². The van der Waals surface area contributed by atoms with Crippen LogP contribution in [0, 0.1) is 0 Å². The zero-order chi connectivity index (χ0) is 17.3. The second-order valence-corrected chi connectivity index (χ2v) is 6.48. The summed E-state index contributed by atoms with van der Waals surface area (Å²) in [5.41, 5.74) is 0.547. The summed E-state index contributed by atoms with van der Waals surface area (Å²) in [6.07, 6.45) is 1.30. The number of fused-ring (bicyclic) bond motifs is 1. The molecule has 0 saturated carbocycles. The predicted molar refractivity (Wildman–Crippen MR) is 80.8 cm³/mol. The molecule has 9 heteroatoms. The topological polar surface area (TPSA) is 124 Å². The maximum atomic E-state index is 12.3. The van der Waals surface area contributed by atoms with E-state index in [4.69, 9.17) is 5.11 Å². The third-order valence-corrected chi connectivity index (χ3v) is 4.83. The molecular weight excluding hydrogens is 324 g/mol. The summed E-state index contributed by atoms with van der Waals surface area (Å²) < 4.78 is 12.3. The number of nitrogens with one attached hydrogen (secondary N) is 1. The summed E-state index contributed by atoms with van der Waals surface area (Å²) >= 11 is 0. The highest BCUT2D eigenvalue weighted by atomic mass is 32.2. The van der Waals surface area contributed by atoms with Gasteiger partial charge in [-0.2, -0.15) is 0 Å². The molecule has 2 aliphatic rings. The molecular formula is C14H16N2O6S. The molecule has 0 aromatic rings. The standard InChI is InChI=1S/C14H16N2O6S/c1-7(6-17)11-9-5-10(23(22)4-3-15-8(2)18)12(14(20)21)16(9)13(11)19/h3-4,9,17H,5-6H2,1-2H3,(H,15,18)(H,20,21)/b4-3+,11-7+. The zero-order valence-corrected chi connectivity index (χ0v) is 13.3. The Morgan fingerprint density at radius 1 is 1.43 bits per heavy atom. The van der Waals surface area contributed by atoms with E-state index >= 15 is 0 Å². The molecule has 8 nitrogen and oxygen atoms in total. The summed E-state index contributed by atoms with van der Waals surface area (Å²) in [5.74, 6) is -2.17. The van der Waals surface area contributed by atoms with E-state index < -0.39 is 28.7 Å². The number of hydrogen-bond donors (Lipinski definition) is 3. The Labute approximate surface area is 134 Å². The number of carbonyl (C=O) groups is 3. The molecule has 0 aromatic carbocycles. The van der Waals surface area contributed by atoms with Crippen molar-refractivity contribution in [3.63, 3.8) is 0 Å². The number of carboxylic acid groups (broad SMARTS) is 1. The molecule has 2 unspecified atom stereocenters. The number of carboxylic acids is 1. The van der Waals surface area contributed by atoms with Gasteiger partial charge in [-0.25, -0.2) is 9.00 Å². The van der Waals surface area contributed by atoms with Gasteiger partial charge in [-0.3, -0.25) is 14.5 Å². The van der Waals surface area contributed by atoms with Gasteiger partial charge in [-0.05, 0) is 12.5 Å². The van der Waals surface area contributed by atoms with Crippen LogP contribution in [-0.4, -0.2) is 49.8 Å². The highest BCUT2D eigenvalue weighted by Gasteiger charge is 2.53. The number of β-lactam (4-membered cyclic amide) rings is 1. The Bertz CT molecular complexity index is 706. The molecule has 2 atom stereocenters. The van der Waals surface area contributed by atoms with Gasteiger partial charge in [-0.1, -0.05) is 0 Å². The minimum atomic E-state index is -1.78. The van der Waals surface area contributed by atoms with Gasteiger partial charge < -0.3 is 15.5 Å². The van der Waals surface area contributed by atoms with Crippen molar-refractivity contribution in [2.45, 2.75) is 26.3 Å². The first kappa shape index (κ1) is 17.1. The normalized spacial score (nSPS) is 23.7. The van der Waals surface area contributed by atoms with Gasteiger partial charge in [0, 0.05) is 30.5 Å². The van der Waals surface area contributed by atoms with Crippen molar-refractivity contribution in [2.75, 3.05) is 6.61 Å². The van der Waals surface area contributed by atoms with Crippen LogP contribution in [0.1, 0.15) is 20.3 Å². The number of aliphatic hydroxyl groups excluding tert-OH is 1. The lowest BCUT2D eigenvalue weighted by molar-refractivity contribution is -0.142. The smallest absolute Gasteiger partial charge is 0.353 e. The van der Waals surface area contributed by atoms with Crippen molar-refractivity contribution in [3.8, 4) is 0 Å². The van der Waals surface area contributed by atoms with Crippen molar-refractivity contribution in [1.82, 2.24) is 10.2 Å². The molecule has 0 spiro atoms. The van der Waals surface area contributed by atoms with Crippen LogP contribution in [0.5, 0.6) is 0 Å². The maximum absolute atomic E-state index is 12.3. The van der Waals surface area contributed by atoms with Crippen molar-refractivity contribution in [3.05, 3.63) is 33.4 Å². The molecule has 2 amide bonds. The molecule has 1 fully saturated rings. The number of rotatable bonds is 5. The predicted octanol–water partition coefficient (Wildman–Crippen LogP) is -0.438. The van der Waals surface area contributed by atoms with E-state index in [0.29, 0.717) is 11.1 Å². The fraction of sp³-hybridized carbons (Fsp3) is 0.357. The van der Waals surface area contributed by atoms with Gasteiger partial charge in [-0.15, -0.1) is 0 Å². The Kier molecular flexibility index (Phi) is 4.81. The zero-order valence-electron chi connectivity index (χ0n) is 12.5. The lowest BCUT2D eigenvalue weighted by Crippen LogP contribution is -2.53. The Morgan fingerprint density at radius 2 is 2.09 bits per heavy atom. The van der Waals surface area contributed by atoms with Crippen LogP contribution in [0.2, 0.25) is 0 Å². The van der Waals surface area contributed by atoms with Gasteiger partial charge in [0.15, 0.2) is 0 Å². The van der Waals surface area contributed by atoms with Crippen molar-refractivity contribution in [2.24, 2.45) is 0 Å². The summed E-state index contributed by atoms with van der Waals surface area (Å²) in [5, 5.41) is 22.0. The van der Waals surface area contributed by atoms with Crippen molar-refractivity contribution in [1.29, 1.82) is 0 Å². The number of amides is 2. The second-order valence-electron chi connectivity index (χ2n) is 5.12. The van der Waals surface area contributed by atoms with E-state index in [1.807, 2.05) is 0 Å². The highest BCUT2D eigenvalue weighted by molar-refractivity contribution is 7.91. The number of aliphatic hydroxyl groups is 1. The maximum Gasteiger partial charge on any atom is 0.353 e. The van der Waals surface area contributed by atoms with Gasteiger partial charge in [0.2, 0.25) is 5.91 Å². The summed E-state index contributed by atoms with van der Waals surface area (Å²) in [6.45, 7) is 2.58. The van der Waals surface area contributed by atoms with Crippen LogP contribution >= 0.6 is 0 Å². The molecule has 3 N–H and O–H groups in total. The third-order valence-electron chi connectivity index (χ3n) is 3.60. The molecule has 2 aliphatic heterocycles. The molecule has 23 heavy (non-hydrogen) atoms. The largest absolute Gasteiger partial charge is 0.477 e. The monoisotopic (exact) mass is 340 g/mol. The molecule has 0 aliphatic carbocycles. The van der Waals surface area contributed by atoms with Gasteiger partial charge in [0.05, 0.1) is 28.4 Å². The molecule has 124 valence electrons. The Balaban J connectivity index is 2.32. The molecule has 0 bridgehead atoms. The average molecular weight is 340 g/mol. The second kappa shape index (κ2) is 6.47. The highest BCUT2D eigenvalue weighted by Crippen LogP contribution is 2.44. The quantitative estimate of drug-likeness (QED) is 0.460. The lowest BCUT2D eigenvalue weighted by atomic mass is 9.90. The van der Waals surface area contributed by atoms with Crippen molar-refractivity contribution < 1.29 is 28.8 Å². The van der Waals surface area contributed by atoms with E-state index in [0.717, 1.165) is 10.3 Å². The fourth-order valence-corrected chi connectivity index (χ4v) is 3.64. The molecule has 0 radical (unpaired) electrons. The van der Waals surface area contributed by atoms with Gasteiger partial charge in [0.25, 0.3) is 5.91 Å². The first-order valence-corrected chi connectivity index (χ1v) is 7.95. The van der Waals surface area contributed by atoms with E-state index in [9.17, 15) is 23.7 Å². The summed E-state index contributed by atoms with van der Waals surface area (Å²) in [4.78, 5) is 35.5. The van der Waals surface area contributed by atoms with Crippen LogP contribution < -0.4 is 5.32 Å². The SMILES string of the molecule is CC(=O)N/C=C/S(=O)C1=C(C(=O)O)N2C(=O)/C(=C(\C)CO)C2C1. The van der Waals surface area contributed by atoms with E-state index in [-0.39, 0.29) is 29.5 Å². The molecule has 0 aromatic heterocycles. The van der Waals surface area contributed by atoms with E-state index in [1.54, 1.807) is 6.92 Å². The Hall–Kier alpha value is -2.26. The van der Waals surface area contributed by atoms with Crippen LogP contribution in [0.25, 0.3) is 0 Å². The van der Waals surface area contributed by atoms with Crippen LogP contribution in [0.15, 0.2) is 33.4 Å². The number of carbonyl (C=O) groups excluding carboxylic acids is 2. The minimum absolute atomic E-state index is 0.109. The average Bonchev–Trinajstić information content (AvgIpc) is 2.82. The molecule has 2 rings (SSSR count). The fourth-order valence-electron chi connectivity index (χ4n) is 2.58. The molecule has 1 saturated heterocycles. The third kappa shape index (κ3) is 2.97. The van der Waals surface area contributed by atoms with E-state index in [2.05, 4.69) is 5.32 Å². The summed E-state index contributed by atoms with van der Waals surface area (Å²) in [7, 11) is -1.78. The number of nitrogens with zero attached hydrogens (tertiary/aromatic N) is 1. The first-order valence-electron chi connectivity index (χ1n) is 6.74. The van der Waals surface area contributed by atoms with Crippen LogP contribution in [0.4, 0.5) is 0 Å². The Morgan fingerprint density at radius 3 is 2.61 bits per heavy atom. The van der Waals surface area contributed by atoms with E-state index in [1.165, 1.54) is 13.1 Å². The minimum Gasteiger partial charge on any atom is -0.477 e. The number of aliphatic carboxylic acids is 1. The number of hydrogen-bond acceptors (Lipinski definition) is 5. The van der Waals surface area contributed by atoms with Crippen LogP contribution in [-0.2, 0) is 25.2 Å². The molecule has 2 heterocycles. The van der Waals surface area contributed by atoms with Crippen molar-refractivity contribution >= 4 is 28.6 Å². The summed E-state index contributed by atoms with van der Waals surface area (Å²) in [6, 6.07) is -0.506. The first-order chi connectivity index (χ1) is 10.8. The van der Waals surface area contributed by atoms with Crippen LogP contribution in [0.3, 0.4) is 0 Å².